The monoisotopic (exact) mass is 321 g/mol. The lowest BCUT2D eigenvalue weighted by atomic mass is 10.2. The number of rotatable bonds is 7. The van der Waals surface area contributed by atoms with Gasteiger partial charge in [0, 0.05) is 10.6 Å². The minimum absolute atomic E-state index is 0.361. The SMILES string of the molecule is NC(=S)c1cccc(OCCOCc2ccc(Cl)cc2)c1. The summed E-state index contributed by atoms with van der Waals surface area (Å²) in [6.45, 7) is 1.50. The molecule has 0 heterocycles. The van der Waals surface area contributed by atoms with Crippen LogP contribution in [0.2, 0.25) is 5.02 Å². The Morgan fingerprint density at radius 2 is 1.86 bits per heavy atom. The molecule has 3 nitrogen and oxygen atoms in total. The van der Waals surface area contributed by atoms with Crippen LogP contribution < -0.4 is 10.5 Å². The molecule has 2 N–H and O–H groups in total. The third-order valence-electron chi connectivity index (χ3n) is 2.80. The Labute approximate surface area is 134 Å². The van der Waals surface area contributed by atoms with E-state index in [1.165, 1.54) is 0 Å². The third kappa shape index (κ3) is 5.34. The van der Waals surface area contributed by atoms with Gasteiger partial charge in [0.15, 0.2) is 0 Å². The Bertz CT molecular complexity index is 601. The lowest BCUT2D eigenvalue weighted by Crippen LogP contribution is -2.10. The van der Waals surface area contributed by atoms with E-state index in [-0.39, 0.29) is 0 Å². The summed E-state index contributed by atoms with van der Waals surface area (Å²) in [5.41, 5.74) is 7.45. The Hall–Kier alpha value is -1.62. The van der Waals surface area contributed by atoms with Gasteiger partial charge in [0.25, 0.3) is 0 Å². The summed E-state index contributed by atoms with van der Waals surface area (Å²) in [5.74, 6) is 0.732. The average molecular weight is 322 g/mol. The Balaban J connectivity index is 1.71. The number of ether oxygens (including phenoxy) is 2. The fourth-order valence-electron chi connectivity index (χ4n) is 1.73. The second kappa shape index (κ2) is 7.98. The first-order valence-electron chi connectivity index (χ1n) is 6.50. The predicted molar refractivity (Wildman–Crippen MR) is 88.9 cm³/mol. The van der Waals surface area contributed by atoms with Gasteiger partial charge in [0.2, 0.25) is 0 Å². The molecule has 21 heavy (non-hydrogen) atoms. The lowest BCUT2D eigenvalue weighted by molar-refractivity contribution is 0.0889. The van der Waals surface area contributed by atoms with Crippen LogP contribution in [-0.2, 0) is 11.3 Å². The fourth-order valence-corrected chi connectivity index (χ4v) is 1.98. The topological polar surface area (TPSA) is 44.5 Å². The maximum absolute atomic E-state index is 5.82. The molecule has 0 aliphatic carbocycles. The van der Waals surface area contributed by atoms with E-state index in [0.717, 1.165) is 21.9 Å². The van der Waals surface area contributed by atoms with Gasteiger partial charge >= 0.3 is 0 Å². The van der Waals surface area contributed by atoms with Crippen LogP contribution in [0.5, 0.6) is 5.75 Å². The van der Waals surface area contributed by atoms with Gasteiger partial charge in [-0.1, -0.05) is 48.1 Å². The van der Waals surface area contributed by atoms with Crippen molar-refractivity contribution in [3.05, 3.63) is 64.7 Å². The van der Waals surface area contributed by atoms with Crippen molar-refractivity contribution in [2.24, 2.45) is 5.73 Å². The van der Waals surface area contributed by atoms with Crippen molar-refractivity contribution in [1.29, 1.82) is 0 Å². The molecule has 0 amide bonds. The zero-order valence-corrected chi connectivity index (χ0v) is 13.0. The summed E-state index contributed by atoms with van der Waals surface area (Å²) in [6.07, 6.45) is 0. The second-order valence-corrected chi connectivity index (χ2v) is 5.30. The van der Waals surface area contributed by atoms with Crippen LogP contribution in [0.15, 0.2) is 48.5 Å². The van der Waals surface area contributed by atoms with Gasteiger partial charge in [-0.25, -0.2) is 0 Å². The van der Waals surface area contributed by atoms with Gasteiger partial charge in [0.1, 0.15) is 17.3 Å². The smallest absolute Gasteiger partial charge is 0.120 e. The summed E-state index contributed by atoms with van der Waals surface area (Å²) in [5, 5.41) is 0.722. The van der Waals surface area contributed by atoms with Crippen LogP contribution in [-0.4, -0.2) is 18.2 Å². The normalized spacial score (nSPS) is 10.3. The maximum atomic E-state index is 5.82. The highest BCUT2D eigenvalue weighted by Gasteiger charge is 1.99. The van der Waals surface area contributed by atoms with Gasteiger partial charge < -0.3 is 15.2 Å². The highest BCUT2D eigenvalue weighted by atomic mass is 35.5. The molecule has 0 aliphatic heterocycles. The lowest BCUT2D eigenvalue weighted by Gasteiger charge is -2.08. The van der Waals surface area contributed by atoms with Crippen LogP contribution >= 0.6 is 23.8 Å². The molecule has 0 unspecified atom stereocenters. The Kier molecular flexibility index (Phi) is 5.99. The first-order valence-corrected chi connectivity index (χ1v) is 7.28. The van der Waals surface area contributed by atoms with E-state index in [9.17, 15) is 0 Å². The molecule has 2 aromatic carbocycles. The van der Waals surface area contributed by atoms with Crippen LogP contribution in [0, 0.1) is 0 Å². The summed E-state index contributed by atoms with van der Waals surface area (Å²) in [6, 6.07) is 15.0. The van der Waals surface area contributed by atoms with Crippen molar-refractivity contribution in [2.45, 2.75) is 6.61 Å². The Morgan fingerprint density at radius 1 is 1.10 bits per heavy atom. The van der Waals surface area contributed by atoms with Crippen molar-refractivity contribution in [1.82, 2.24) is 0 Å². The average Bonchev–Trinajstić information content (AvgIpc) is 2.49. The van der Waals surface area contributed by atoms with Crippen molar-refractivity contribution in [3.63, 3.8) is 0 Å². The molecule has 0 radical (unpaired) electrons. The maximum Gasteiger partial charge on any atom is 0.120 e. The quantitative estimate of drug-likeness (QED) is 0.625. The molecule has 2 rings (SSSR count). The minimum atomic E-state index is 0.361. The van der Waals surface area contributed by atoms with E-state index >= 15 is 0 Å². The summed E-state index contributed by atoms with van der Waals surface area (Å²) in [7, 11) is 0. The van der Waals surface area contributed by atoms with E-state index in [1.54, 1.807) is 0 Å². The summed E-state index contributed by atoms with van der Waals surface area (Å²) < 4.78 is 11.1. The van der Waals surface area contributed by atoms with E-state index < -0.39 is 0 Å². The molecule has 0 bridgehead atoms. The van der Waals surface area contributed by atoms with Crippen LogP contribution in [0.25, 0.3) is 0 Å². The fraction of sp³-hybridized carbons (Fsp3) is 0.188. The first kappa shape index (κ1) is 15.8. The van der Waals surface area contributed by atoms with E-state index in [1.807, 2.05) is 48.5 Å². The molecule has 2 aromatic rings. The standard InChI is InChI=1S/C16H16ClNO2S/c17-14-6-4-12(5-7-14)11-19-8-9-20-15-3-1-2-13(10-15)16(18)21/h1-7,10H,8-9,11H2,(H2,18,21). The van der Waals surface area contributed by atoms with Crippen LogP contribution in [0.3, 0.4) is 0 Å². The highest BCUT2D eigenvalue weighted by molar-refractivity contribution is 7.80. The second-order valence-electron chi connectivity index (χ2n) is 4.42. The van der Waals surface area contributed by atoms with Crippen LogP contribution in [0.4, 0.5) is 0 Å². The molecule has 0 saturated carbocycles. The number of thiocarbonyl (C=S) groups is 1. The van der Waals surface area contributed by atoms with Gasteiger partial charge in [0.05, 0.1) is 13.2 Å². The third-order valence-corrected chi connectivity index (χ3v) is 3.28. The van der Waals surface area contributed by atoms with Crippen molar-refractivity contribution in [3.8, 4) is 5.75 Å². The highest BCUT2D eigenvalue weighted by Crippen LogP contribution is 2.13. The molecule has 5 heteroatoms. The zero-order chi connectivity index (χ0) is 15.1. The van der Waals surface area contributed by atoms with E-state index in [0.29, 0.717) is 24.8 Å². The van der Waals surface area contributed by atoms with Crippen LogP contribution in [0.1, 0.15) is 11.1 Å². The van der Waals surface area contributed by atoms with Crippen molar-refractivity contribution >= 4 is 28.8 Å². The number of halogens is 1. The van der Waals surface area contributed by atoms with Crippen molar-refractivity contribution < 1.29 is 9.47 Å². The number of hydrogen-bond acceptors (Lipinski definition) is 3. The molecule has 0 aromatic heterocycles. The summed E-state index contributed by atoms with van der Waals surface area (Å²) >= 11 is 10.7. The molecule has 0 fully saturated rings. The number of nitrogens with two attached hydrogens (primary N) is 1. The molecule has 0 aliphatic rings. The largest absolute Gasteiger partial charge is 0.491 e. The molecule has 110 valence electrons. The molecular formula is C16H16ClNO2S. The van der Waals surface area contributed by atoms with Gasteiger partial charge in [-0.3, -0.25) is 0 Å². The Morgan fingerprint density at radius 3 is 2.57 bits per heavy atom. The summed E-state index contributed by atoms with van der Waals surface area (Å²) in [4.78, 5) is 0.361. The molecule has 0 spiro atoms. The number of hydrogen-bond donors (Lipinski definition) is 1. The van der Waals surface area contributed by atoms with Crippen molar-refractivity contribution in [2.75, 3.05) is 13.2 Å². The van der Waals surface area contributed by atoms with Gasteiger partial charge in [-0.15, -0.1) is 0 Å². The molecule has 0 atom stereocenters. The van der Waals surface area contributed by atoms with E-state index in [4.69, 9.17) is 39.0 Å². The minimum Gasteiger partial charge on any atom is -0.491 e. The first-order chi connectivity index (χ1) is 10.1. The van der Waals surface area contributed by atoms with Gasteiger partial charge in [-0.2, -0.15) is 0 Å². The molecule has 0 saturated heterocycles. The van der Waals surface area contributed by atoms with E-state index in [2.05, 4.69) is 0 Å². The zero-order valence-electron chi connectivity index (χ0n) is 11.4. The molecular weight excluding hydrogens is 306 g/mol. The predicted octanol–water partition coefficient (Wildman–Crippen LogP) is 3.57. The van der Waals surface area contributed by atoms with Gasteiger partial charge in [-0.05, 0) is 29.8 Å². The number of benzene rings is 2.